The summed E-state index contributed by atoms with van der Waals surface area (Å²) in [5.74, 6) is -2.24. The number of hydrogen-bond acceptors (Lipinski definition) is 7. The fourth-order valence-electron chi connectivity index (χ4n) is 2.42. The summed E-state index contributed by atoms with van der Waals surface area (Å²) in [6.45, 7) is 4.84. The van der Waals surface area contributed by atoms with E-state index in [2.05, 4.69) is 5.32 Å². The van der Waals surface area contributed by atoms with E-state index in [-0.39, 0.29) is 21.8 Å². The van der Waals surface area contributed by atoms with Crippen LogP contribution in [0.1, 0.15) is 47.1 Å². The molecule has 1 heterocycles. The summed E-state index contributed by atoms with van der Waals surface area (Å²) in [5, 5.41) is 15.6. The van der Waals surface area contributed by atoms with Gasteiger partial charge >= 0.3 is 5.97 Å². The summed E-state index contributed by atoms with van der Waals surface area (Å²) >= 11 is 1.10. The molecule has 3 N–H and O–H groups in total. The Morgan fingerprint density at radius 3 is 2.50 bits per heavy atom. The monoisotopic (exact) mass is 405 g/mol. The number of rotatable bonds is 6. The van der Waals surface area contributed by atoms with Crippen molar-refractivity contribution in [1.82, 2.24) is 0 Å². The van der Waals surface area contributed by atoms with Crippen molar-refractivity contribution in [1.29, 1.82) is 0 Å². The molecule has 0 unspecified atom stereocenters. The van der Waals surface area contributed by atoms with Gasteiger partial charge in [-0.25, -0.2) is 4.79 Å². The minimum atomic E-state index is -0.875. The topological polar surface area (TPSA) is 142 Å². The molecule has 1 aromatic heterocycles. The number of anilines is 1. The van der Waals surface area contributed by atoms with E-state index in [4.69, 9.17) is 10.5 Å². The van der Waals surface area contributed by atoms with E-state index >= 15 is 0 Å². The highest BCUT2D eigenvalue weighted by atomic mass is 32.1. The number of ether oxygens (including phenoxy) is 1. The van der Waals surface area contributed by atoms with Gasteiger partial charge in [0.25, 0.3) is 17.5 Å². The molecule has 0 saturated heterocycles. The van der Waals surface area contributed by atoms with Crippen molar-refractivity contribution in [3.8, 4) is 0 Å². The van der Waals surface area contributed by atoms with Gasteiger partial charge in [-0.1, -0.05) is 26.8 Å². The minimum Gasteiger partial charge on any atom is -0.452 e. The first-order chi connectivity index (χ1) is 13.0. The standard InChI is InChI=1S/C18H19N3O6S/c1-18(2,3)12-5-4-10(8-13(12)21(25)26)17(24)27-9-14(22)20-16-11(15(19)23)6-7-28-16/h4-8H,9H2,1-3H3,(H2,19,23)(H,20,22). The molecule has 0 aliphatic heterocycles. The van der Waals surface area contributed by atoms with Crippen LogP contribution in [0.4, 0.5) is 10.7 Å². The number of nitrogens with two attached hydrogens (primary N) is 1. The molecule has 148 valence electrons. The molecule has 2 amide bonds. The van der Waals surface area contributed by atoms with Crippen LogP contribution in [0, 0.1) is 10.1 Å². The van der Waals surface area contributed by atoms with Crippen LogP contribution >= 0.6 is 11.3 Å². The summed E-state index contributed by atoms with van der Waals surface area (Å²) in [6.07, 6.45) is 0. The van der Waals surface area contributed by atoms with Gasteiger partial charge in [-0.15, -0.1) is 11.3 Å². The van der Waals surface area contributed by atoms with Crippen molar-refractivity contribution >= 4 is 39.8 Å². The zero-order chi connectivity index (χ0) is 21.1. The van der Waals surface area contributed by atoms with Crippen LogP contribution in [-0.4, -0.2) is 29.3 Å². The molecule has 2 rings (SSSR count). The lowest BCUT2D eigenvalue weighted by molar-refractivity contribution is -0.386. The molecular weight excluding hydrogens is 386 g/mol. The molecule has 0 radical (unpaired) electrons. The maximum atomic E-state index is 12.2. The van der Waals surface area contributed by atoms with Gasteiger partial charge < -0.3 is 15.8 Å². The first-order valence-corrected chi connectivity index (χ1v) is 9.02. The van der Waals surface area contributed by atoms with Gasteiger partial charge in [0.05, 0.1) is 16.1 Å². The molecule has 0 spiro atoms. The van der Waals surface area contributed by atoms with Crippen LogP contribution in [-0.2, 0) is 14.9 Å². The Morgan fingerprint density at radius 2 is 1.93 bits per heavy atom. The van der Waals surface area contributed by atoms with Crippen molar-refractivity contribution in [3.05, 3.63) is 56.5 Å². The van der Waals surface area contributed by atoms with Gasteiger partial charge in [0, 0.05) is 11.6 Å². The summed E-state index contributed by atoms with van der Waals surface area (Å²) in [5.41, 5.74) is 5.10. The lowest BCUT2D eigenvalue weighted by Gasteiger charge is -2.19. The molecule has 2 aromatic rings. The predicted octanol–water partition coefficient (Wildman–Crippen LogP) is 2.85. The highest BCUT2D eigenvalue weighted by molar-refractivity contribution is 7.14. The quantitative estimate of drug-likeness (QED) is 0.430. The van der Waals surface area contributed by atoms with Gasteiger partial charge in [0.1, 0.15) is 5.00 Å². The van der Waals surface area contributed by atoms with Gasteiger partial charge in [0.2, 0.25) is 0 Å². The lowest BCUT2D eigenvalue weighted by atomic mass is 9.85. The van der Waals surface area contributed by atoms with E-state index in [1.54, 1.807) is 5.38 Å². The maximum absolute atomic E-state index is 12.2. The molecule has 1 aromatic carbocycles. The highest BCUT2D eigenvalue weighted by Crippen LogP contribution is 2.32. The number of primary amides is 1. The number of nitrogens with zero attached hydrogens (tertiary/aromatic N) is 1. The van der Waals surface area contributed by atoms with E-state index in [9.17, 15) is 24.5 Å². The predicted molar refractivity (Wildman–Crippen MR) is 104 cm³/mol. The van der Waals surface area contributed by atoms with Crippen molar-refractivity contribution in [2.24, 2.45) is 5.73 Å². The fraction of sp³-hybridized carbons (Fsp3) is 0.278. The van der Waals surface area contributed by atoms with Gasteiger partial charge in [0.15, 0.2) is 6.61 Å². The highest BCUT2D eigenvalue weighted by Gasteiger charge is 2.26. The van der Waals surface area contributed by atoms with Crippen LogP contribution in [0.2, 0.25) is 0 Å². The number of nitro benzene ring substituents is 1. The van der Waals surface area contributed by atoms with Crippen LogP contribution in [0.5, 0.6) is 0 Å². The zero-order valence-corrected chi connectivity index (χ0v) is 16.3. The minimum absolute atomic E-state index is 0.0403. The van der Waals surface area contributed by atoms with Gasteiger partial charge in [-0.05, 0) is 22.9 Å². The Bertz CT molecular complexity index is 945. The SMILES string of the molecule is CC(C)(C)c1ccc(C(=O)OCC(=O)Nc2sccc2C(N)=O)cc1[N+](=O)[O-]. The number of thiophene rings is 1. The van der Waals surface area contributed by atoms with E-state index in [1.165, 1.54) is 18.2 Å². The van der Waals surface area contributed by atoms with Crippen molar-refractivity contribution < 1.29 is 24.0 Å². The number of benzene rings is 1. The Labute approximate surface area is 164 Å². The van der Waals surface area contributed by atoms with E-state index < -0.39 is 34.7 Å². The van der Waals surface area contributed by atoms with Crippen LogP contribution in [0.15, 0.2) is 29.6 Å². The van der Waals surface area contributed by atoms with Gasteiger partial charge in [-0.3, -0.25) is 19.7 Å². The molecule has 0 fully saturated rings. The third kappa shape index (κ3) is 4.92. The number of esters is 1. The molecule has 9 nitrogen and oxygen atoms in total. The molecule has 28 heavy (non-hydrogen) atoms. The van der Waals surface area contributed by atoms with Crippen LogP contribution in [0.3, 0.4) is 0 Å². The Morgan fingerprint density at radius 1 is 1.25 bits per heavy atom. The number of amides is 2. The number of carbonyl (C=O) groups is 3. The van der Waals surface area contributed by atoms with Crippen molar-refractivity contribution in [2.75, 3.05) is 11.9 Å². The second-order valence-electron chi connectivity index (χ2n) is 6.89. The average molecular weight is 405 g/mol. The third-order valence-electron chi connectivity index (χ3n) is 3.76. The first-order valence-electron chi connectivity index (χ1n) is 8.14. The smallest absolute Gasteiger partial charge is 0.338 e. The number of nitro groups is 1. The van der Waals surface area contributed by atoms with E-state index in [0.717, 1.165) is 17.4 Å². The first kappa shape index (κ1) is 21.0. The van der Waals surface area contributed by atoms with Crippen LogP contribution in [0.25, 0.3) is 0 Å². The van der Waals surface area contributed by atoms with Crippen molar-refractivity contribution in [3.63, 3.8) is 0 Å². The third-order valence-corrected chi connectivity index (χ3v) is 4.59. The largest absolute Gasteiger partial charge is 0.452 e. The fourth-order valence-corrected chi connectivity index (χ4v) is 3.23. The lowest BCUT2D eigenvalue weighted by Crippen LogP contribution is -2.22. The molecule has 10 heteroatoms. The number of carbonyl (C=O) groups excluding carboxylic acids is 3. The normalized spacial score (nSPS) is 11.0. The molecule has 0 bridgehead atoms. The summed E-state index contributed by atoms with van der Waals surface area (Å²) < 4.78 is 4.91. The second-order valence-corrected chi connectivity index (χ2v) is 7.81. The summed E-state index contributed by atoms with van der Waals surface area (Å²) in [6, 6.07) is 5.51. The zero-order valence-electron chi connectivity index (χ0n) is 15.5. The second kappa shape index (κ2) is 8.17. The molecule has 0 saturated carbocycles. The maximum Gasteiger partial charge on any atom is 0.338 e. The summed E-state index contributed by atoms with van der Waals surface area (Å²) in [4.78, 5) is 46.1. The summed E-state index contributed by atoms with van der Waals surface area (Å²) in [7, 11) is 0. The van der Waals surface area contributed by atoms with E-state index in [0.29, 0.717) is 5.56 Å². The molecule has 0 aliphatic rings. The molecular formula is C18H19N3O6S. The Hall–Kier alpha value is -3.27. The number of nitrogens with one attached hydrogen (secondary N) is 1. The molecule has 0 aliphatic carbocycles. The average Bonchev–Trinajstić information content (AvgIpc) is 3.06. The Kier molecular flexibility index (Phi) is 6.14. The Balaban J connectivity index is 2.07. The van der Waals surface area contributed by atoms with Gasteiger partial charge in [-0.2, -0.15) is 0 Å². The van der Waals surface area contributed by atoms with E-state index in [1.807, 2.05) is 20.8 Å². The van der Waals surface area contributed by atoms with Crippen LogP contribution < -0.4 is 11.1 Å². The molecule has 0 atom stereocenters. The number of hydrogen-bond donors (Lipinski definition) is 2. The van der Waals surface area contributed by atoms with Crippen molar-refractivity contribution in [2.45, 2.75) is 26.2 Å².